The Morgan fingerprint density at radius 1 is 1.25 bits per heavy atom. The van der Waals surface area contributed by atoms with E-state index in [1.54, 1.807) is 7.11 Å². The number of ether oxygens (including phenoxy) is 2. The number of rotatable bonds is 2. The Kier molecular flexibility index (Phi) is 2.95. The van der Waals surface area contributed by atoms with Crippen LogP contribution in [0.5, 0.6) is 0 Å². The topological polar surface area (TPSA) is 35.5 Å². The van der Waals surface area contributed by atoms with Crippen LogP contribution in [-0.4, -0.2) is 13.1 Å². The molecule has 0 radical (unpaired) electrons. The molecule has 1 aromatic carbocycles. The highest BCUT2D eigenvalue weighted by Crippen LogP contribution is 2.34. The summed E-state index contributed by atoms with van der Waals surface area (Å²) >= 11 is 0. The van der Waals surface area contributed by atoms with Crippen molar-refractivity contribution in [3.05, 3.63) is 47.7 Å². The average Bonchev–Trinajstić information content (AvgIpc) is 2.33. The molecule has 0 saturated carbocycles. The van der Waals surface area contributed by atoms with E-state index < -0.39 is 0 Å². The summed E-state index contributed by atoms with van der Waals surface area (Å²) in [6.45, 7) is 1.99. The number of methoxy groups -OCH3 is 1. The van der Waals surface area contributed by atoms with Gasteiger partial charge < -0.3 is 9.47 Å². The summed E-state index contributed by atoms with van der Waals surface area (Å²) in [6, 6.07) is 9.70. The lowest BCUT2D eigenvalue weighted by Crippen LogP contribution is -2.24. The maximum absolute atomic E-state index is 11.4. The normalized spacial score (nSPS) is 24.6. The molecule has 1 aliphatic heterocycles. The van der Waals surface area contributed by atoms with Gasteiger partial charge in [-0.15, -0.1) is 0 Å². The van der Waals surface area contributed by atoms with Crippen LogP contribution < -0.4 is 0 Å². The molecule has 16 heavy (non-hydrogen) atoms. The van der Waals surface area contributed by atoms with Crippen LogP contribution >= 0.6 is 0 Å². The summed E-state index contributed by atoms with van der Waals surface area (Å²) in [4.78, 5) is 11.4. The van der Waals surface area contributed by atoms with Crippen molar-refractivity contribution in [2.45, 2.75) is 13.0 Å². The lowest BCUT2D eigenvalue weighted by atomic mass is 9.93. The molecule has 2 rings (SSSR count). The SMILES string of the molecule is COC1=CC(=O)O[C@H](c2ccccc2)[C@H]1C. The number of esters is 1. The van der Waals surface area contributed by atoms with Gasteiger partial charge in [0.2, 0.25) is 0 Å². The highest BCUT2D eigenvalue weighted by atomic mass is 16.6. The molecule has 3 heteroatoms. The monoisotopic (exact) mass is 218 g/mol. The van der Waals surface area contributed by atoms with Gasteiger partial charge in [0, 0.05) is 0 Å². The zero-order chi connectivity index (χ0) is 11.5. The third kappa shape index (κ3) is 1.94. The molecule has 1 heterocycles. The van der Waals surface area contributed by atoms with E-state index in [4.69, 9.17) is 9.47 Å². The van der Waals surface area contributed by atoms with E-state index in [-0.39, 0.29) is 18.0 Å². The van der Waals surface area contributed by atoms with Gasteiger partial charge in [-0.05, 0) is 5.56 Å². The Morgan fingerprint density at radius 2 is 1.94 bits per heavy atom. The molecule has 0 bridgehead atoms. The molecule has 0 fully saturated rings. The predicted octanol–water partition coefficient (Wildman–Crippen LogP) is 2.45. The number of carbonyl (C=O) groups excluding carboxylic acids is 1. The van der Waals surface area contributed by atoms with Gasteiger partial charge in [0.05, 0.1) is 19.1 Å². The van der Waals surface area contributed by atoms with Gasteiger partial charge in [-0.3, -0.25) is 0 Å². The van der Waals surface area contributed by atoms with Crippen molar-refractivity contribution in [3.8, 4) is 0 Å². The Labute approximate surface area is 94.7 Å². The van der Waals surface area contributed by atoms with Crippen LogP contribution in [0.3, 0.4) is 0 Å². The maximum Gasteiger partial charge on any atom is 0.334 e. The van der Waals surface area contributed by atoms with Crippen LogP contribution in [0, 0.1) is 5.92 Å². The van der Waals surface area contributed by atoms with Crippen LogP contribution in [0.1, 0.15) is 18.6 Å². The van der Waals surface area contributed by atoms with Gasteiger partial charge in [-0.2, -0.15) is 0 Å². The zero-order valence-electron chi connectivity index (χ0n) is 9.34. The summed E-state index contributed by atoms with van der Waals surface area (Å²) < 4.78 is 10.5. The van der Waals surface area contributed by atoms with Crippen molar-refractivity contribution < 1.29 is 14.3 Å². The molecule has 1 aromatic rings. The van der Waals surface area contributed by atoms with Crippen molar-refractivity contribution in [1.82, 2.24) is 0 Å². The lowest BCUT2D eigenvalue weighted by Gasteiger charge is -2.28. The van der Waals surface area contributed by atoms with Gasteiger partial charge in [0.25, 0.3) is 0 Å². The molecule has 0 aliphatic carbocycles. The number of cyclic esters (lactones) is 1. The Hall–Kier alpha value is -1.77. The van der Waals surface area contributed by atoms with Crippen molar-refractivity contribution in [2.24, 2.45) is 5.92 Å². The number of hydrogen-bond acceptors (Lipinski definition) is 3. The molecule has 0 N–H and O–H groups in total. The van der Waals surface area contributed by atoms with Crippen molar-refractivity contribution in [3.63, 3.8) is 0 Å². The average molecular weight is 218 g/mol. The Bertz CT molecular complexity index is 408. The molecule has 2 atom stereocenters. The predicted molar refractivity (Wildman–Crippen MR) is 59.5 cm³/mol. The van der Waals surface area contributed by atoms with Gasteiger partial charge in [-0.25, -0.2) is 4.79 Å². The Balaban J connectivity index is 2.31. The molecule has 1 aliphatic rings. The molecule has 0 spiro atoms. The molecule has 84 valence electrons. The third-order valence-corrected chi connectivity index (χ3v) is 2.77. The van der Waals surface area contributed by atoms with E-state index >= 15 is 0 Å². The quantitative estimate of drug-likeness (QED) is 0.715. The molecule has 3 nitrogen and oxygen atoms in total. The van der Waals surface area contributed by atoms with Crippen LogP contribution in [0.2, 0.25) is 0 Å². The van der Waals surface area contributed by atoms with Crippen LogP contribution in [0.4, 0.5) is 0 Å². The van der Waals surface area contributed by atoms with E-state index in [1.807, 2.05) is 37.3 Å². The minimum Gasteiger partial charge on any atom is -0.500 e. The molecule has 0 unspecified atom stereocenters. The van der Waals surface area contributed by atoms with E-state index in [0.29, 0.717) is 5.76 Å². The van der Waals surface area contributed by atoms with Crippen molar-refractivity contribution >= 4 is 5.97 Å². The second-order valence-electron chi connectivity index (χ2n) is 3.81. The summed E-state index contributed by atoms with van der Waals surface area (Å²) in [5.74, 6) is 0.374. The first kappa shape index (κ1) is 10.7. The second kappa shape index (κ2) is 4.39. The minimum absolute atomic E-state index is 0.0464. The van der Waals surface area contributed by atoms with Gasteiger partial charge >= 0.3 is 5.97 Å². The van der Waals surface area contributed by atoms with E-state index in [1.165, 1.54) is 6.08 Å². The molecule has 0 saturated heterocycles. The fourth-order valence-electron chi connectivity index (χ4n) is 1.90. The maximum atomic E-state index is 11.4. The largest absolute Gasteiger partial charge is 0.500 e. The number of hydrogen-bond donors (Lipinski definition) is 0. The first-order valence-corrected chi connectivity index (χ1v) is 5.23. The highest BCUT2D eigenvalue weighted by Gasteiger charge is 2.31. The molecular formula is C13H14O3. The molecule has 0 amide bonds. The van der Waals surface area contributed by atoms with Crippen molar-refractivity contribution in [2.75, 3.05) is 7.11 Å². The van der Waals surface area contributed by atoms with Gasteiger partial charge in [-0.1, -0.05) is 37.3 Å². The molecular weight excluding hydrogens is 204 g/mol. The van der Waals surface area contributed by atoms with E-state index in [9.17, 15) is 4.79 Å². The third-order valence-electron chi connectivity index (χ3n) is 2.77. The van der Waals surface area contributed by atoms with Gasteiger partial charge in [0.1, 0.15) is 11.9 Å². The van der Waals surface area contributed by atoms with Crippen LogP contribution in [0.15, 0.2) is 42.2 Å². The standard InChI is InChI=1S/C13H14O3/c1-9-11(15-2)8-12(14)16-13(9)10-6-4-3-5-7-10/h3-9,13H,1-2H3/t9-,13-/m0/s1. The van der Waals surface area contributed by atoms with Crippen molar-refractivity contribution in [1.29, 1.82) is 0 Å². The van der Waals surface area contributed by atoms with Crippen LogP contribution in [-0.2, 0) is 14.3 Å². The summed E-state index contributed by atoms with van der Waals surface area (Å²) in [5, 5.41) is 0. The lowest BCUT2D eigenvalue weighted by molar-refractivity contribution is -0.148. The van der Waals surface area contributed by atoms with Crippen LogP contribution in [0.25, 0.3) is 0 Å². The van der Waals surface area contributed by atoms with E-state index in [2.05, 4.69) is 0 Å². The number of carbonyl (C=O) groups is 1. The Morgan fingerprint density at radius 3 is 2.56 bits per heavy atom. The second-order valence-corrected chi connectivity index (χ2v) is 3.81. The number of benzene rings is 1. The summed E-state index contributed by atoms with van der Waals surface area (Å²) in [6.07, 6.45) is 1.15. The first-order chi connectivity index (χ1) is 7.72. The zero-order valence-corrected chi connectivity index (χ0v) is 9.34. The summed E-state index contributed by atoms with van der Waals surface area (Å²) in [7, 11) is 1.57. The smallest absolute Gasteiger partial charge is 0.334 e. The molecule has 0 aromatic heterocycles. The summed E-state index contributed by atoms with van der Waals surface area (Å²) in [5.41, 5.74) is 0.992. The highest BCUT2D eigenvalue weighted by molar-refractivity contribution is 5.83. The van der Waals surface area contributed by atoms with E-state index in [0.717, 1.165) is 5.56 Å². The first-order valence-electron chi connectivity index (χ1n) is 5.23. The fraction of sp³-hybridized carbons (Fsp3) is 0.308. The van der Waals surface area contributed by atoms with Gasteiger partial charge in [0.15, 0.2) is 0 Å². The minimum atomic E-state index is -0.344. The fourth-order valence-corrected chi connectivity index (χ4v) is 1.90.